The standard InChI is InChI=1S/C19H24ClN3O/c1-6-14-16(17(20)22-23(14)5)18(24)21-13-9-7-8-12-15(13)11(2)10-19(12,3)4/h7-9,11H,6,10H2,1-5H3,(H,21,24). The maximum absolute atomic E-state index is 12.8. The molecule has 1 aliphatic carbocycles. The zero-order valence-corrected chi connectivity index (χ0v) is 15.7. The fourth-order valence-corrected chi connectivity index (χ4v) is 4.42. The summed E-state index contributed by atoms with van der Waals surface area (Å²) in [5.74, 6) is 0.233. The van der Waals surface area contributed by atoms with Gasteiger partial charge < -0.3 is 5.32 Å². The van der Waals surface area contributed by atoms with E-state index in [1.165, 1.54) is 11.1 Å². The molecule has 4 nitrogen and oxygen atoms in total. The van der Waals surface area contributed by atoms with Gasteiger partial charge in [0.15, 0.2) is 5.15 Å². The summed E-state index contributed by atoms with van der Waals surface area (Å²) >= 11 is 6.19. The SMILES string of the molecule is CCc1c(C(=O)Nc2cccc3c2C(C)CC3(C)C)c(Cl)nn1C. The topological polar surface area (TPSA) is 46.9 Å². The lowest BCUT2D eigenvalue weighted by molar-refractivity contribution is 0.102. The van der Waals surface area contributed by atoms with Crippen LogP contribution in [0, 0.1) is 0 Å². The van der Waals surface area contributed by atoms with E-state index in [2.05, 4.69) is 37.3 Å². The number of carbonyl (C=O) groups is 1. The number of hydrogen-bond acceptors (Lipinski definition) is 2. The molecule has 0 aliphatic heterocycles. The molecule has 1 atom stereocenters. The van der Waals surface area contributed by atoms with Crippen molar-refractivity contribution in [3.05, 3.63) is 45.7 Å². The van der Waals surface area contributed by atoms with Gasteiger partial charge in [-0.2, -0.15) is 5.10 Å². The molecule has 1 aliphatic rings. The Morgan fingerprint density at radius 1 is 1.46 bits per heavy atom. The molecule has 1 aromatic heterocycles. The van der Waals surface area contributed by atoms with Crippen LogP contribution in [0.3, 0.4) is 0 Å². The highest BCUT2D eigenvalue weighted by Gasteiger charge is 2.36. The summed E-state index contributed by atoms with van der Waals surface area (Å²) in [5.41, 5.74) is 4.91. The minimum absolute atomic E-state index is 0.135. The minimum atomic E-state index is -0.185. The smallest absolute Gasteiger partial charge is 0.260 e. The Labute approximate surface area is 148 Å². The van der Waals surface area contributed by atoms with Crippen LogP contribution in [0.1, 0.15) is 67.2 Å². The summed E-state index contributed by atoms with van der Waals surface area (Å²) in [6.45, 7) is 8.73. The number of hydrogen-bond donors (Lipinski definition) is 1. The van der Waals surface area contributed by atoms with Crippen molar-refractivity contribution in [1.82, 2.24) is 9.78 Å². The second-order valence-corrected chi connectivity index (χ2v) is 7.66. The van der Waals surface area contributed by atoms with Crippen LogP contribution in [0.15, 0.2) is 18.2 Å². The molecule has 3 rings (SSSR count). The number of benzene rings is 1. The summed E-state index contributed by atoms with van der Waals surface area (Å²) < 4.78 is 1.68. The second-order valence-electron chi connectivity index (χ2n) is 7.30. The molecule has 2 aromatic rings. The molecule has 0 saturated heterocycles. The van der Waals surface area contributed by atoms with Crippen LogP contribution in [0.5, 0.6) is 0 Å². The minimum Gasteiger partial charge on any atom is -0.322 e. The number of carbonyl (C=O) groups excluding carboxylic acids is 1. The molecular formula is C19H24ClN3O. The van der Waals surface area contributed by atoms with Gasteiger partial charge in [-0.25, -0.2) is 0 Å². The quantitative estimate of drug-likeness (QED) is 0.878. The Balaban J connectivity index is 2.00. The second kappa shape index (κ2) is 5.92. The van der Waals surface area contributed by atoms with Crippen molar-refractivity contribution in [2.45, 2.75) is 51.9 Å². The molecule has 0 spiro atoms. The Kier molecular flexibility index (Phi) is 4.20. The van der Waals surface area contributed by atoms with Gasteiger partial charge in [0.1, 0.15) is 0 Å². The number of nitrogens with zero attached hydrogens (tertiary/aromatic N) is 2. The monoisotopic (exact) mass is 345 g/mol. The molecule has 1 unspecified atom stereocenters. The zero-order chi connectivity index (χ0) is 17.6. The number of aryl methyl sites for hydroxylation is 1. The molecule has 24 heavy (non-hydrogen) atoms. The predicted molar refractivity (Wildman–Crippen MR) is 98.0 cm³/mol. The Bertz CT molecular complexity index is 807. The third-order valence-corrected chi connectivity index (χ3v) is 5.34. The first-order valence-electron chi connectivity index (χ1n) is 8.42. The van der Waals surface area contributed by atoms with Crippen molar-refractivity contribution in [3.8, 4) is 0 Å². The molecular weight excluding hydrogens is 322 g/mol. The highest BCUT2D eigenvalue weighted by molar-refractivity contribution is 6.33. The van der Waals surface area contributed by atoms with E-state index in [4.69, 9.17) is 11.6 Å². The van der Waals surface area contributed by atoms with E-state index in [-0.39, 0.29) is 16.5 Å². The molecule has 1 amide bonds. The predicted octanol–water partition coefficient (Wildman–Crippen LogP) is 4.67. The van der Waals surface area contributed by atoms with Crippen LogP contribution in [0.4, 0.5) is 5.69 Å². The number of halogens is 1. The van der Waals surface area contributed by atoms with E-state index in [1.54, 1.807) is 4.68 Å². The van der Waals surface area contributed by atoms with Crippen molar-refractivity contribution in [2.24, 2.45) is 7.05 Å². The first kappa shape index (κ1) is 17.0. The maximum atomic E-state index is 12.8. The highest BCUT2D eigenvalue weighted by Crippen LogP contribution is 2.48. The van der Waals surface area contributed by atoms with Gasteiger partial charge in [-0.15, -0.1) is 0 Å². The Morgan fingerprint density at radius 3 is 2.83 bits per heavy atom. The molecule has 1 heterocycles. The average molecular weight is 346 g/mol. The van der Waals surface area contributed by atoms with Crippen LogP contribution in [-0.2, 0) is 18.9 Å². The lowest BCUT2D eigenvalue weighted by Crippen LogP contribution is -2.16. The van der Waals surface area contributed by atoms with Crippen LogP contribution in [0.2, 0.25) is 5.15 Å². The first-order chi connectivity index (χ1) is 11.3. The van der Waals surface area contributed by atoms with Gasteiger partial charge in [0.25, 0.3) is 5.91 Å². The van der Waals surface area contributed by atoms with Crippen molar-refractivity contribution < 1.29 is 4.79 Å². The first-order valence-corrected chi connectivity index (χ1v) is 8.80. The van der Waals surface area contributed by atoms with Crippen molar-refractivity contribution in [1.29, 1.82) is 0 Å². The number of nitrogens with one attached hydrogen (secondary N) is 1. The summed E-state index contributed by atoms with van der Waals surface area (Å²) in [6, 6.07) is 6.16. The molecule has 5 heteroatoms. The maximum Gasteiger partial charge on any atom is 0.260 e. The lowest BCUT2D eigenvalue weighted by Gasteiger charge is -2.19. The summed E-state index contributed by atoms with van der Waals surface area (Å²) in [4.78, 5) is 12.8. The van der Waals surface area contributed by atoms with E-state index in [0.717, 1.165) is 17.8 Å². The van der Waals surface area contributed by atoms with E-state index in [1.807, 2.05) is 26.1 Å². The van der Waals surface area contributed by atoms with E-state index in [0.29, 0.717) is 17.9 Å². The van der Waals surface area contributed by atoms with Crippen molar-refractivity contribution in [2.75, 3.05) is 5.32 Å². The fourth-order valence-electron chi connectivity index (χ4n) is 4.11. The van der Waals surface area contributed by atoms with Gasteiger partial charge in [0.05, 0.1) is 11.3 Å². The van der Waals surface area contributed by atoms with Gasteiger partial charge in [0, 0.05) is 12.7 Å². The van der Waals surface area contributed by atoms with E-state index >= 15 is 0 Å². The number of fused-ring (bicyclic) bond motifs is 1. The number of aromatic nitrogens is 2. The lowest BCUT2D eigenvalue weighted by atomic mass is 9.86. The Morgan fingerprint density at radius 2 is 2.17 bits per heavy atom. The van der Waals surface area contributed by atoms with Gasteiger partial charge in [-0.3, -0.25) is 9.48 Å². The average Bonchev–Trinajstić information content (AvgIpc) is 2.92. The summed E-state index contributed by atoms with van der Waals surface area (Å²) in [5, 5.41) is 7.51. The Hall–Kier alpha value is -1.81. The van der Waals surface area contributed by atoms with E-state index in [9.17, 15) is 4.79 Å². The number of rotatable bonds is 3. The number of amides is 1. The highest BCUT2D eigenvalue weighted by atomic mass is 35.5. The van der Waals surface area contributed by atoms with Crippen molar-refractivity contribution >= 4 is 23.2 Å². The normalized spacial score (nSPS) is 18.5. The largest absolute Gasteiger partial charge is 0.322 e. The van der Waals surface area contributed by atoms with Gasteiger partial charge in [-0.05, 0) is 41.4 Å². The molecule has 128 valence electrons. The molecule has 1 N–H and O–H groups in total. The molecule has 0 saturated carbocycles. The zero-order valence-electron chi connectivity index (χ0n) is 14.9. The third-order valence-electron chi connectivity index (χ3n) is 5.08. The molecule has 0 bridgehead atoms. The third kappa shape index (κ3) is 2.63. The molecule has 1 aromatic carbocycles. The van der Waals surface area contributed by atoms with Crippen molar-refractivity contribution in [3.63, 3.8) is 0 Å². The van der Waals surface area contributed by atoms with Crippen LogP contribution in [0.25, 0.3) is 0 Å². The van der Waals surface area contributed by atoms with Gasteiger partial charge in [-0.1, -0.05) is 51.4 Å². The van der Waals surface area contributed by atoms with Crippen LogP contribution in [-0.4, -0.2) is 15.7 Å². The summed E-state index contributed by atoms with van der Waals surface area (Å²) in [6.07, 6.45) is 1.79. The van der Waals surface area contributed by atoms with Gasteiger partial charge in [0.2, 0.25) is 0 Å². The van der Waals surface area contributed by atoms with E-state index < -0.39 is 0 Å². The number of anilines is 1. The summed E-state index contributed by atoms with van der Waals surface area (Å²) in [7, 11) is 1.81. The fraction of sp³-hybridized carbons (Fsp3) is 0.474. The van der Waals surface area contributed by atoms with Gasteiger partial charge >= 0.3 is 0 Å². The van der Waals surface area contributed by atoms with Crippen LogP contribution < -0.4 is 5.32 Å². The molecule has 0 fully saturated rings. The van der Waals surface area contributed by atoms with Crippen LogP contribution >= 0.6 is 11.6 Å². The molecule has 0 radical (unpaired) electrons.